The van der Waals surface area contributed by atoms with E-state index in [4.69, 9.17) is 5.11 Å². The Balaban J connectivity index is 2.14. The standard InChI is InChI=1S/C16H14N2O5/c1-10(19)12-4-2-11(3-5-12)9-18-13(6-7-17-18)14(20)8-15(21)16(22)23/h2-7H,8-9H2,1H3,(H,22,23). The smallest absolute Gasteiger partial charge is 0.372 e. The number of rotatable bonds is 7. The highest BCUT2D eigenvalue weighted by Crippen LogP contribution is 2.10. The van der Waals surface area contributed by atoms with E-state index in [0.717, 1.165) is 5.56 Å². The van der Waals surface area contributed by atoms with Gasteiger partial charge in [-0.15, -0.1) is 0 Å². The first kappa shape index (κ1) is 16.3. The predicted octanol–water partition coefficient (Wildman–Crippen LogP) is 1.36. The van der Waals surface area contributed by atoms with Gasteiger partial charge in [-0.2, -0.15) is 5.10 Å². The molecule has 0 fully saturated rings. The maximum Gasteiger partial charge on any atom is 0.372 e. The molecule has 0 atom stereocenters. The normalized spacial score (nSPS) is 10.3. The van der Waals surface area contributed by atoms with E-state index < -0.39 is 24.0 Å². The summed E-state index contributed by atoms with van der Waals surface area (Å²) < 4.78 is 1.39. The molecule has 1 N–H and O–H groups in total. The second-order valence-corrected chi connectivity index (χ2v) is 4.96. The first-order valence-corrected chi connectivity index (χ1v) is 6.79. The van der Waals surface area contributed by atoms with Gasteiger partial charge in [0.1, 0.15) is 5.69 Å². The Morgan fingerprint density at radius 2 is 1.74 bits per heavy atom. The van der Waals surface area contributed by atoms with Crippen molar-refractivity contribution in [1.82, 2.24) is 9.78 Å². The van der Waals surface area contributed by atoms with Crippen LogP contribution in [0.25, 0.3) is 0 Å². The van der Waals surface area contributed by atoms with Gasteiger partial charge < -0.3 is 5.11 Å². The minimum atomic E-state index is -1.63. The highest BCUT2D eigenvalue weighted by Gasteiger charge is 2.20. The third-order valence-corrected chi connectivity index (χ3v) is 3.25. The Morgan fingerprint density at radius 1 is 1.09 bits per heavy atom. The van der Waals surface area contributed by atoms with Gasteiger partial charge in [0.2, 0.25) is 5.78 Å². The Bertz CT molecular complexity index is 774. The van der Waals surface area contributed by atoms with Crippen molar-refractivity contribution < 1.29 is 24.3 Å². The van der Waals surface area contributed by atoms with Crippen LogP contribution >= 0.6 is 0 Å². The van der Waals surface area contributed by atoms with Crippen LogP contribution in [0.15, 0.2) is 36.5 Å². The van der Waals surface area contributed by atoms with E-state index >= 15 is 0 Å². The fraction of sp³-hybridized carbons (Fsp3) is 0.188. The van der Waals surface area contributed by atoms with E-state index in [1.165, 1.54) is 23.9 Å². The molecule has 0 spiro atoms. The zero-order chi connectivity index (χ0) is 17.0. The highest BCUT2D eigenvalue weighted by atomic mass is 16.4. The van der Waals surface area contributed by atoms with Gasteiger partial charge in [0.15, 0.2) is 11.6 Å². The summed E-state index contributed by atoms with van der Waals surface area (Å²) in [5.41, 5.74) is 1.56. The van der Waals surface area contributed by atoms with Gasteiger partial charge in [0, 0.05) is 11.8 Å². The fourth-order valence-corrected chi connectivity index (χ4v) is 2.03. The fourth-order valence-electron chi connectivity index (χ4n) is 2.03. The van der Waals surface area contributed by atoms with Crippen LogP contribution in [0.2, 0.25) is 0 Å². The molecule has 7 nitrogen and oxygen atoms in total. The zero-order valence-corrected chi connectivity index (χ0v) is 12.4. The van der Waals surface area contributed by atoms with E-state index in [1.807, 2.05) is 0 Å². The molecule has 1 aromatic heterocycles. The molecule has 2 rings (SSSR count). The largest absolute Gasteiger partial charge is 0.475 e. The first-order valence-electron chi connectivity index (χ1n) is 6.79. The van der Waals surface area contributed by atoms with Crippen LogP contribution in [-0.4, -0.2) is 38.2 Å². The summed E-state index contributed by atoms with van der Waals surface area (Å²) in [5.74, 6) is -3.44. The van der Waals surface area contributed by atoms with Crippen molar-refractivity contribution in [2.75, 3.05) is 0 Å². The van der Waals surface area contributed by atoms with Crippen LogP contribution in [0.5, 0.6) is 0 Å². The first-order chi connectivity index (χ1) is 10.9. The number of aliphatic carboxylic acids is 1. The SMILES string of the molecule is CC(=O)c1ccc(Cn2nccc2C(=O)CC(=O)C(=O)O)cc1. The van der Waals surface area contributed by atoms with Gasteiger partial charge in [-0.05, 0) is 18.6 Å². The number of carboxylic acid groups (broad SMARTS) is 1. The van der Waals surface area contributed by atoms with Crippen molar-refractivity contribution in [2.24, 2.45) is 0 Å². The van der Waals surface area contributed by atoms with Gasteiger partial charge in [-0.3, -0.25) is 19.1 Å². The quantitative estimate of drug-likeness (QED) is 0.470. The second kappa shape index (κ2) is 6.78. The monoisotopic (exact) mass is 314 g/mol. The number of carbonyl (C=O) groups excluding carboxylic acids is 3. The number of hydrogen-bond donors (Lipinski definition) is 1. The maximum absolute atomic E-state index is 12.0. The summed E-state index contributed by atoms with van der Waals surface area (Å²) in [7, 11) is 0. The van der Waals surface area contributed by atoms with Crippen LogP contribution < -0.4 is 0 Å². The maximum atomic E-state index is 12.0. The molecule has 0 radical (unpaired) electrons. The molecule has 23 heavy (non-hydrogen) atoms. The molecule has 0 amide bonds. The van der Waals surface area contributed by atoms with Crippen molar-refractivity contribution in [2.45, 2.75) is 19.9 Å². The van der Waals surface area contributed by atoms with Crippen LogP contribution in [0.4, 0.5) is 0 Å². The number of aromatic nitrogens is 2. The summed E-state index contributed by atoms with van der Waals surface area (Å²) in [6, 6.07) is 8.28. The Morgan fingerprint density at radius 3 is 2.30 bits per heavy atom. The molecule has 0 bridgehead atoms. The van der Waals surface area contributed by atoms with Crippen molar-refractivity contribution in [3.8, 4) is 0 Å². The predicted molar refractivity (Wildman–Crippen MR) is 79.4 cm³/mol. The summed E-state index contributed by atoms with van der Waals surface area (Å²) in [6.07, 6.45) is 0.701. The third-order valence-electron chi connectivity index (χ3n) is 3.25. The lowest BCUT2D eigenvalue weighted by Crippen LogP contribution is -2.19. The highest BCUT2D eigenvalue weighted by molar-refractivity contribution is 6.37. The van der Waals surface area contributed by atoms with Crippen LogP contribution in [0.1, 0.15) is 39.8 Å². The van der Waals surface area contributed by atoms with Crippen molar-refractivity contribution in [3.63, 3.8) is 0 Å². The van der Waals surface area contributed by atoms with Gasteiger partial charge in [0.25, 0.3) is 0 Å². The molecule has 7 heteroatoms. The number of ketones is 3. The molecule has 0 aliphatic carbocycles. The number of Topliss-reactive ketones (excluding diaryl/α,β-unsaturated/α-hetero) is 3. The lowest BCUT2D eigenvalue weighted by molar-refractivity contribution is -0.148. The van der Waals surface area contributed by atoms with Gasteiger partial charge >= 0.3 is 5.97 Å². The number of carbonyl (C=O) groups is 4. The summed E-state index contributed by atoms with van der Waals surface area (Å²) >= 11 is 0. The lowest BCUT2D eigenvalue weighted by atomic mass is 10.1. The Hall–Kier alpha value is -3.09. The molecule has 1 heterocycles. The molecule has 0 aliphatic heterocycles. The van der Waals surface area contributed by atoms with E-state index in [9.17, 15) is 19.2 Å². The minimum absolute atomic E-state index is 0.0429. The molecule has 0 saturated carbocycles. The number of carboxylic acids is 1. The number of hydrogen-bond acceptors (Lipinski definition) is 5. The summed E-state index contributed by atoms with van der Waals surface area (Å²) in [6.45, 7) is 1.74. The molecule has 2 aromatic rings. The number of nitrogens with zero attached hydrogens (tertiary/aromatic N) is 2. The Kier molecular flexibility index (Phi) is 4.80. The molecular formula is C16H14N2O5. The molecule has 0 saturated heterocycles. The average Bonchev–Trinajstić information content (AvgIpc) is 2.95. The van der Waals surface area contributed by atoms with Crippen molar-refractivity contribution in [3.05, 3.63) is 53.3 Å². The second-order valence-electron chi connectivity index (χ2n) is 4.96. The van der Waals surface area contributed by atoms with Crippen LogP contribution in [-0.2, 0) is 16.1 Å². The summed E-state index contributed by atoms with van der Waals surface area (Å²) in [5, 5.41) is 12.6. The van der Waals surface area contributed by atoms with Crippen molar-refractivity contribution in [1.29, 1.82) is 0 Å². The molecular weight excluding hydrogens is 300 g/mol. The molecule has 118 valence electrons. The van der Waals surface area contributed by atoms with Gasteiger partial charge in [-0.25, -0.2) is 4.79 Å². The lowest BCUT2D eigenvalue weighted by Gasteiger charge is -2.07. The average molecular weight is 314 g/mol. The topological polar surface area (TPSA) is 106 Å². The molecule has 1 aromatic carbocycles. The van der Waals surface area contributed by atoms with Crippen LogP contribution in [0.3, 0.4) is 0 Å². The van der Waals surface area contributed by atoms with E-state index in [-0.39, 0.29) is 18.0 Å². The minimum Gasteiger partial charge on any atom is -0.475 e. The molecule has 0 unspecified atom stereocenters. The zero-order valence-electron chi connectivity index (χ0n) is 12.4. The van der Waals surface area contributed by atoms with Crippen molar-refractivity contribution >= 4 is 23.3 Å². The molecule has 0 aliphatic rings. The van der Waals surface area contributed by atoms with E-state index in [2.05, 4.69) is 5.10 Å². The third kappa shape index (κ3) is 3.97. The van der Waals surface area contributed by atoms with Gasteiger partial charge in [-0.1, -0.05) is 24.3 Å². The van der Waals surface area contributed by atoms with Gasteiger partial charge in [0.05, 0.1) is 13.0 Å². The number of benzene rings is 1. The Labute approximate surface area is 131 Å². The van der Waals surface area contributed by atoms with E-state index in [1.54, 1.807) is 24.3 Å². The summed E-state index contributed by atoms with van der Waals surface area (Å²) in [4.78, 5) is 44.9. The van der Waals surface area contributed by atoms with Crippen LogP contribution in [0, 0.1) is 0 Å². The van der Waals surface area contributed by atoms with E-state index in [0.29, 0.717) is 5.56 Å².